The van der Waals surface area contributed by atoms with Crippen LogP contribution in [0.4, 0.5) is 0 Å². The summed E-state index contributed by atoms with van der Waals surface area (Å²) in [6, 6.07) is -0.00880. The van der Waals surface area contributed by atoms with Gasteiger partial charge < -0.3 is 10.4 Å². The van der Waals surface area contributed by atoms with E-state index in [-0.39, 0.29) is 24.5 Å². The van der Waals surface area contributed by atoms with Gasteiger partial charge in [-0.15, -0.1) is 0 Å². The first-order valence-corrected chi connectivity index (χ1v) is 3.65. The van der Waals surface area contributed by atoms with Gasteiger partial charge in [0.2, 0.25) is 5.91 Å². The molecule has 1 amide bonds. The highest BCUT2D eigenvalue weighted by atomic mass is 16.3. The lowest BCUT2D eigenvalue weighted by Crippen LogP contribution is -2.37. The number of aliphatic hydroxyl groups is 1. The van der Waals surface area contributed by atoms with Gasteiger partial charge in [-0.1, -0.05) is 13.5 Å². The molecule has 0 aliphatic heterocycles. The molecular weight excluding hydrogens is 142 g/mol. The third-order valence-corrected chi connectivity index (χ3v) is 1.70. The minimum absolute atomic E-state index is 0.00880. The molecule has 0 aliphatic carbocycles. The number of hydrogen-bond acceptors (Lipinski definition) is 2. The fraction of sp³-hybridized carbons (Fsp3) is 0.625. The average molecular weight is 157 g/mol. The van der Waals surface area contributed by atoms with Gasteiger partial charge in [0.15, 0.2) is 0 Å². The molecule has 0 rings (SSSR count). The Kier molecular flexibility index (Phi) is 4.54. The summed E-state index contributed by atoms with van der Waals surface area (Å²) in [5.41, 5.74) is 0. The molecule has 64 valence electrons. The number of carbonyl (C=O) groups excluding carboxylic acids is 1. The van der Waals surface area contributed by atoms with Crippen molar-refractivity contribution in [3.8, 4) is 0 Å². The van der Waals surface area contributed by atoms with E-state index in [2.05, 4.69) is 11.9 Å². The highest BCUT2D eigenvalue weighted by Crippen LogP contribution is 1.99. The summed E-state index contributed by atoms with van der Waals surface area (Å²) in [5, 5.41) is 11.4. The molecule has 0 aromatic heterocycles. The minimum Gasteiger partial charge on any atom is -0.396 e. The average Bonchev–Trinajstić information content (AvgIpc) is 2.02. The predicted molar refractivity (Wildman–Crippen MR) is 44.1 cm³/mol. The topological polar surface area (TPSA) is 49.3 Å². The predicted octanol–water partition coefficient (Wildman–Crippen LogP) is 0.305. The van der Waals surface area contributed by atoms with Gasteiger partial charge in [0.05, 0.1) is 0 Å². The van der Waals surface area contributed by atoms with Crippen LogP contribution in [-0.4, -0.2) is 23.7 Å². The van der Waals surface area contributed by atoms with Gasteiger partial charge in [-0.25, -0.2) is 0 Å². The molecule has 2 N–H and O–H groups in total. The van der Waals surface area contributed by atoms with E-state index in [9.17, 15) is 4.79 Å². The molecule has 0 aromatic rings. The number of rotatable bonds is 4. The standard InChI is InChI=1S/C8H15NO2/c1-4-8(11)9-7(3)6(2)5-10/h4,6-7,10H,1,5H2,2-3H3,(H,9,11). The summed E-state index contributed by atoms with van der Waals surface area (Å²) in [7, 11) is 0. The van der Waals surface area contributed by atoms with Gasteiger partial charge in [-0.05, 0) is 18.9 Å². The van der Waals surface area contributed by atoms with Crippen LogP contribution in [0.5, 0.6) is 0 Å². The number of amides is 1. The van der Waals surface area contributed by atoms with Crippen LogP contribution in [0.25, 0.3) is 0 Å². The highest BCUT2D eigenvalue weighted by Gasteiger charge is 2.11. The smallest absolute Gasteiger partial charge is 0.243 e. The van der Waals surface area contributed by atoms with Crippen molar-refractivity contribution in [2.45, 2.75) is 19.9 Å². The van der Waals surface area contributed by atoms with Crippen molar-refractivity contribution >= 4 is 5.91 Å². The van der Waals surface area contributed by atoms with Crippen LogP contribution >= 0.6 is 0 Å². The van der Waals surface area contributed by atoms with Crippen LogP contribution in [0.2, 0.25) is 0 Å². The van der Waals surface area contributed by atoms with E-state index in [0.717, 1.165) is 0 Å². The van der Waals surface area contributed by atoms with Crippen LogP contribution in [0.1, 0.15) is 13.8 Å². The highest BCUT2D eigenvalue weighted by molar-refractivity contribution is 5.87. The van der Waals surface area contributed by atoms with Crippen molar-refractivity contribution in [3.05, 3.63) is 12.7 Å². The maximum Gasteiger partial charge on any atom is 0.243 e. The fourth-order valence-corrected chi connectivity index (χ4v) is 0.584. The van der Waals surface area contributed by atoms with Crippen LogP contribution in [-0.2, 0) is 4.79 Å². The van der Waals surface area contributed by atoms with Gasteiger partial charge in [0.1, 0.15) is 0 Å². The molecule has 0 bridgehead atoms. The Bertz CT molecular complexity index is 145. The maximum atomic E-state index is 10.7. The Labute approximate surface area is 67.1 Å². The summed E-state index contributed by atoms with van der Waals surface area (Å²) >= 11 is 0. The Hall–Kier alpha value is -0.830. The van der Waals surface area contributed by atoms with Crippen molar-refractivity contribution < 1.29 is 9.90 Å². The third-order valence-electron chi connectivity index (χ3n) is 1.70. The largest absolute Gasteiger partial charge is 0.396 e. The van der Waals surface area contributed by atoms with Crippen LogP contribution in [0.15, 0.2) is 12.7 Å². The maximum absolute atomic E-state index is 10.7. The van der Waals surface area contributed by atoms with Gasteiger partial charge >= 0.3 is 0 Å². The molecule has 0 saturated heterocycles. The molecule has 0 heterocycles. The monoisotopic (exact) mass is 157 g/mol. The molecule has 2 unspecified atom stereocenters. The number of aliphatic hydroxyl groups excluding tert-OH is 1. The minimum atomic E-state index is -0.196. The SMILES string of the molecule is C=CC(=O)NC(C)C(C)CO. The zero-order chi connectivity index (χ0) is 8.85. The molecule has 2 atom stereocenters. The summed E-state index contributed by atoms with van der Waals surface area (Å²) in [5.74, 6) is -0.114. The second-order valence-electron chi connectivity index (χ2n) is 2.66. The van der Waals surface area contributed by atoms with Crippen molar-refractivity contribution in [1.82, 2.24) is 5.32 Å². The molecule has 0 saturated carbocycles. The lowest BCUT2D eigenvalue weighted by atomic mass is 10.1. The van der Waals surface area contributed by atoms with Crippen molar-refractivity contribution in [1.29, 1.82) is 0 Å². The molecule has 0 spiro atoms. The Morgan fingerprint density at radius 1 is 1.73 bits per heavy atom. The molecule has 3 heteroatoms. The molecule has 0 aromatic carbocycles. The molecule has 0 fully saturated rings. The van der Waals surface area contributed by atoms with E-state index in [1.165, 1.54) is 6.08 Å². The van der Waals surface area contributed by atoms with Crippen LogP contribution in [0, 0.1) is 5.92 Å². The zero-order valence-electron chi connectivity index (χ0n) is 7.00. The summed E-state index contributed by atoms with van der Waals surface area (Å²) in [4.78, 5) is 10.7. The van der Waals surface area contributed by atoms with Crippen molar-refractivity contribution in [3.63, 3.8) is 0 Å². The van der Waals surface area contributed by atoms with Crippen molar-refractivity contribution in [2.24, 2.45) is 5.92 Å². The Morgan fingerprint density at radius 3 is 2.64 bits per heavy atom. The molecule has 3 nitrogen and oxygen atoms in total. The third kappa shape index (κ3) is 3.78. The second-order valence-corrected chi connectivity index (χ2v) is 2.66. The van der Waals surface area contributed by atoms with Gasteiger partial charge in [0.25, 0.3) is 0 Å². The van der Waals surface area contributed by atoms with Crippen LogP contribution in [0.3, 0.4) is 0 Å². The van der Waals surface area contributed by atoms with E-state index in [4.69, 9.17) is 5.11 Å². The van der Waals surface area contributed by atoms with E-state index < -0.39 is 0 Å². The summed E-state index contributed by atoms with van der Waals surface area (Å²) in [6.07, 6.45) is 1.22. The Balaban J connectivity index is 3.76. The van der Waals surface area contributed by atoms with E-state index in [0.29, 0.717) is 0 Å². The first kappa shape index (κ1) is 10.2. The normalized spacial score (nSPS) is 15.2. The summed E-state index contributed by atoms with van der Waals surface area (Å²) in [6.45, 7) is 7.12. The lowest BCUT2D eigenvalue weighted by Gasteiger charge is -2.17. The lowest BCUT2D eigenvalue weighted by molar-refractivity contribution is -0.117. The molecule has 0 radical (unpaired) electrons. The fourth-order valence-electron chi connectivity index (χ4n) is 0.584. The zero-order valence-corrected chi connectivity index (χ0v) is 7.00. The summed E-state index contributed by atoms with van der Waals surface area (Å²) < 4.78 is 0. The number of nitrogens with one attached hydrogen (secondary N) is 1. The van der Waals surface area contributed by atoms with E-state index >= 15 is 0 Å². The quantitative estimate of drug-likeness (QED) is 0.577. The van der Waals surface area contributed by atoms with Crippen molar-refractivity contribution in [2.75, 3.05) is 6.61 Å². The second kappa shape index (κ2) is 4.91. The van der Waals surface area contributed by atoms with E-state index in [1.54, 1.807) is 0 Å². The molecule has 0 aliphatic rings. The first-order chi connectivity index (χ1) is 5.11. The number of carbonyl (C=O) groups is 1. The van der Waals surface area contributed by atoms with Gasteiger partial charge in [-0.2, -0.15) is 0 Å². The van der Waals surface area contributed by atoms with Crippen LogP contribution < -0.4 is 5.32 Å². The molecular formula is C8H15NO2. The van der Waals surface area contributed by atoms with Gasteiger partial charge in [0, 0.05) is 12.6 Å². The van der Waals surface area contributed by atoms with E-state index in [1.807, 2.05) is 13.8 Å². The number of hydrogen-bond donors (Lipinski definition) is 2. The molecule has 11 heavy (non-hydrogen) atoms. The Morgan fingerprint density at radius 2 is 2.27 bits per heavy atom. The first-order valence-electron chi connectivity index (χ1n) is 3.65. The van der Waals surface area contributed by atoms with Gasteiger partial charge in [-0.3, -0.25) is 4.79 Å².